The predicted octanol–water partition coefficient (Wildman–Crippen LogP) is 2.20. The number of rotatable bonds is 7. The number of guanidine groups is 1. The molecule has 0 spiro atoms. The maximum absolute atomic E-state index is 13.9. The Morgan fingerprint density at radius 2 is 2.00 bits per heavy atom. The Morgan fingerprint density at radius 3 is 2.56 bits per heavy atom. The molecule has 0 heterocycles. The average Bonchev–Trinajstić information content (AvgIpc) is 3.23. The third kappa shape index (κ3) is 5.95. The molecule has 2 N–H and O–H groups in total. The maximum atomic E-state index is 13.9. The molecule has 5 nitrogen and oxygen atoms in total. The van der Waals surface area contributed by atoms with E-state index in [0.29, 0.717) is 25.3 Å². The molecule has 0 amide bonds. The molecule has 1 saturated carbocycles. The van der Waals surface area contributed by atoms with E-state index in [2.05, 4.69) is 15.6 Å². The topological polar surface area (TPSA) is 70.6 Å². The quantitative estimate of drug-likeness (QED) is 0.568. The molecule has 2 rings (SSSR count). The summed E-state index contributed by atoms with van der Waals surface area (Å²) in [6.07, 6.45) is 2.29. The van der Waals surface area contributed by atoms with Crippen molar-refractivity contribution < 1.29 is 17.2 Å². The number of hydrogen-bond acceptors (Lipinski definition) is 3. The normalized spacial score (nSPS) is 21.7. The van der Waals surface area contributed by atoms with Crippen molar-refractivity contribution >= 4 is 15.8 Å². The summed E-state index contributed by atoms with van der Waals surface area (Å²) in [5, 5.41) is 6.33. The van der Waals surface area contributed by atoms with Gasteiger partial charge in [-0.25, -0.2) is 17.2 Å². The molecule has 140 valence electrons. The van der Waals surface area contributed by atoms with Crippen LogP contribution in [-0.4, -0.2) is 45.0 Å². The summed E-state index contributed by atoms with van der Waals surface area (Å²) in [7, 11) is -3.02. The Morgan fingerprint density at radius 1 is 1.36 bits per heavy atom. The highest BCUT2D eigenvalue weighted by molar-refractivity contribution is 7.90. The van der Waals surface area contributed by atoms with Crippen molar-refractivity contribution in [2.45, 2.75) is 44.7 Å². The van der Waals surface area contributed by atoms with Gasteiger partial charge in [-0.3, -0.25) is 4.99 Å². The third-order valence-electron chi connectivity index (χ3n) is 4.10. The van der Waals surface area contributed by atoms with E-state index in [4.69, 9.17) is 0 Å². The fourth-order valence-electron chi connectivity index (χ4n) is 2.70. The van der Waals surface area contributed by atoms with E-state index in [1.807, 2.05) is 13.8 Å². The molecule has 3 unspecified atom stereocenters. The molecule has 1 fully saturated rings. The second-order valence-corrected chi connectivity index (χ2v) is 8.77. The van der Waals surface area contributed by atoms with Crippen LogP contribution in [0.3, 0.4) is 0 Å². The molecule has 0 radical (unpaired) electrons. The van der Waals surface area contributed by atoms with Gasteiger partial charge in [0.05, 0.1) is 5.75 Å². The van der Waals surface area contributed by atoms with Crippen LogP contribution in [0.2, 0.25) is 0 Å². The van der Waals surface area contributed by atoms with Crippen LogP contribution in [0.1, 0.15) is 38.2 Å². The van der Waals surface area contributed by atoms with Crippen molar-refractivity contribution in [3.05, 3.63) is 35.4 Å². The van der Waals surface area contributed by atoms with Crippen LogP contribution in [0.15, 0.2) is 23.2 Å². The summed E-state index contributed by atoms with van der Waals surface area (Å²) in [6.45, 7) is 4.30. The molecule has 1 aliphatic rings. The first-order valence-electron chi connectivity index (χ1n) is 8.40. The van der Waals surface area contributed by atoms with E-state index in [1.165, 1.54) is 24.5 Å². The molecule has 0 bridgehead atoms. The average molecular weight is 373 g/mol. The number of aliphatic imine (C=N–C) groups is 1. The lowest BCUT2D eigenvalue weighted by Gasteiger charge is -2.18. The van der Waals surface area contributed by atoms with Crippen LogP contribution in [0.25, 0.3) is 0 Å². The van der Waals surface area contributed by atoms with Crippen molar-refractivity contribution in [1.29, 1.82) is 0 Å². The molecule has 1 aliphatic carbocycles. The molecule has 0 aliphatic heterocycles. The molecular formula is C17H25F2N3O2S. The molecule has 1 aromatic carbocycles. The SMILES string of the molecule is CCN=C(NC(C)CCS(C)(=O)=O)NC1CC1c1c(F)cccc1F. The molecule has 0 saturated heterocycles. The van der Waals surface area contributed by atoms with Crippen molar-refractivity contribution in [3.63, 3.8) is 0 Å². The minimum absolute atomic E-state index is 0.0880. The fourth-order valence-corrected chi connectivity index (χ4v) is 3.48. The van der Waals surface area contributed by atoms with Gasteiger partial charge in [-0.15, -0.1) is 0 Å². The number of hydrogen-bond donors (Lipinski definition) is 2. The highest BCUT2D eigenvalue weighted by Crippen LogP contribution is 2.43. The lowest BCUT2D eigenvalue weighted by Crippen LogP contribution is -2.44. The zero-order valence-corrected chi connectivity index (χ0v) is 15.5. The van der Waals surface area contributed by atoms with Crippen LogP contribution >= 0.6 is 0 Å². The van der Waals surface area contributed by atoms with Gasteiger partial charge in [0.25, 0.3) is 0 Å². The minimum Gasteiger partial charge on any atom is -0.354 e. The lowest BCUT2D eigenvalue weighted by atomic mass is 10.1. The first-order chi connectivity index (χ1) is 11.7. The number of halogens is 2. The summed E-state index contributed by atoms with van der Waals surface area (Å²) < 4.78 is 50.2. The minimum atomic E-state index is -3.02. The van der Waals surface area contributed by atoms with Gasteiger partial charge in [-0.1, -0.05) is 6.07 Å². The van der Waals surface area contributed by atoms with Gasteiger partial charge in [0, 0.05) is 36.4 Å². The lowest BCUT2D eigenvalue weighted by molar-refractivity contribution is 0.552. The van der Waals surface area contributed by atoms with Crippen LogP contribution in [0.4, 0.5) is 8.78 Å². The first kappa shape index (κ1) is 19.6. The highest BCUT2D eigenvalue weighted by atomic mass is 32.2. The van der Waals surface area contributed by atoms with E-state index in [0.717, 1.165) is 0 Å². The van der Waals surface area contributed by atoms with Crippen LogP contribution in [0, 0.1) is 11.6 Å². The Kier molecular flexibility index (Phi) is 6.37. The van der Waals surface area contributed by atoms with E-state index >= 15 is 0 Å². The number of nitrogens with zero attached hydrogens (tertiary/aromatic N) is 1. The highest BCUT2D eigenvalue weighted by Gasteiger charge is 2.42. The zero-order chi connectivity index (χ0) is 18.6. The zero-order valence-electron chi connectivity index (χ0n) is 14.7. The fraction of sp³-hybridized carbons (Fsp3) is 0.588. The van der Waals surface area contributed by atoms with Crippen LogP contribution < -0.4 is 10.6 Å². The first-order valence-corrected chi connectivity index (χ1v) is 10.5. The number of benzene rings is 1. The van der Waals surface area contributed by atoms with Crippen LogP contribution in [-0.2, 0) is 9.84 Å². The van der Waals surface area contributed by atoms with E-state index in [9.17, 15) is 17.2 Å². The van der Waals surface area contributed by atoms with Crippen molar-refractivity contribution in [2.24, 2.45) is 4.99 Å². The van der Waals surface area contributed by atoms with Gasteiger partial charge < -0.3 is 10.6 Å². The van der Waals surface area contributed by atoms with Gasteiger partial charge in [0.15, 0.2) is 5.96 Å². The Balaban J connectivity index is 1.94. The Labute approximate surface area is 147 Å². The van der Waals surface area contributed by atoms with Gasteiger partial charge in [-0.2, -0.15) is 0 Å². The monoisotopic (exact) mass is 373 g/mol. The Hall–Kier alpha value is -1.70. The summed E-state index contributed by atoms with van der Waals surface area (Å²) in [4.78, 5) is 4.32. The largest absolute Gasteiger partial charge is 0.354 e. The van der Waals surface area contributed by atoms with Gasteiger partial charge in [0.1, 0.15) is 21.5 Å². The Bertz CT molecular complexity index is 717. The summed E-state index contributed by atoms with van der Waals surface area (Å²) >= 11 is 0. The number of nitrogens with one attached hydrogen (secondary N) is 2. The molecule has 8 heteroatoms. The molecule has 1 aromatic rings. The second-order valence-electron chi connectivity index (χ2n) is 6.52. The van der Waals surface area contributed by atoms with E-state index in [1.54, 1.807) is 0 Å². The summed E-state index contributed by atoms with van der Waals surface area (Å²) in [5.41, 5.74) is 0.112. The van der Waals surface area contributed by atoms with Crippen molar-refractivity contribution in [1.82, 2.24) is 10.6 Å². The molecule has 25 heavy (non-hydrogen) atoms. The summed E-state index contributed by atoms with van der Waals surface area (Å²) in [6, 6.07) is 3.70. The van der Waals surface area contributed by atoms with E-state index < -0.39 is 21.5 Å². The smallest absolute Gasteiger partial charge is 0.191 e. The molecule has 0 aromatic heterocycles. The molecular weight excluding hydrogens is 348 g/mol. The van der Waals surface area contributed by atoms with Crippen LogP contribution in [0.5, 0.6) is 0 Å². The summed E-state index contributed by atoms with van der Waals surface area (Å²) in [5.74, 6) is -0.660. The van der Waals surface area contributed by atoms with Gasteiger partial charge in [0.2, 0.25) is 0 Å². The maximum Gasteiger partial charge on any atom is 0.191 e. The molecule has 3 atom stereocenters. The predicted molar refractivity (Wildman–Crippen MR) is 95.5 cm³/mol. The standard InChI is InChI=1S/C17H25F2N3O2S/c1-4-20-17(21-11(2)8-9-25(3,23)24)22-15-10-12(15)16-13(18)6-5-7-14(16)19/h5-7,11-12,15H,4,8-10H2,1-3H3,(H2,20,21,22). The van der Waals surface area contributed by atoms with E-state index in [-0.39, 0.29) is 29.3 Å². The number of sulfone groups is 1. The second kappa shape index (κ2) is 8.12. The van der Waals surface area contributed by atoms with Gasteiger partial charge in [-0.05, 0) is 38.8 Å². The van der Waals surface area contributed by atoms with Crippen molar-refractivity contribution in [2.75, 3.05) is 18.6 Å². The van der Waals surface area contributed by atoms with Gasteiger partial charge >= 0.3 is 0 Å². The third-order valence-corrected chi connectivity index (χ3v) is 5.08. The van der Waals surface area contributed by atoms with Crippen molar-refractivity contribution in [3.8, 4) is 0 Å².